The molecule has 0 amide bonds. The van der Waals surface area contributed by atoms with Crippen molar-refractivity contribution in [1.82, 2.24) is 9.21 Å². The molecule has 1 saturated heterocycles. The van der Waals surface area contributed by atoms with Gasteiger partial charge in [-0.3, -0.25) is 0 Å². The van der Waals surface area contributed by atoms with Crippen LogP contribution in [0.3, 0.4) is 0 Å². The van der Waals surface area contributed by atoms with Crippen LogP contribution in [0.15, 0.2) is 0 Å². The van der Waals surface area contributed by atoms with Crippen LogP contribution in [0.25, 0.3) is 0 Å². The van der Waals surface area contributed by atoms with E-state index in [1.165, 1.54) is 10.6 Å². The van der Waals surface area contributed by atoms with Gasteiger partial charge in [-0.2, -0.15) is 13.2 Å². The van der Waals surface area contributed by atoms with Crippen LogP contribution in [0.1, 0.15) is 33.1 Å². The van der Waals surface area contributed by atoms with Crippen LogP contribution in [0.5, 0.6) is 0 Å². The summed E-state index contributed by atoms with van der Waals surface area (Å²) in [7, 11) is -3.15. The van der Waals surface area contributed by atoms with Crippen LogP contribution in [-0.4, -0.2) is 62.3 Å². The summed E-state index contributed by atoms with van der Waals surface area (Å²) in [5.41, 5.74) is 0. The van der Waals surface area contributed by atoms with Gasteiger partial charge in [-0.1, -0.05) is 6.92 Å². The molecule has 0 spiro atoms. The fourth-order valence-corrected chi connectivity index (χ4v) is 3.71. The van der Waals surface area contributed by atoms with E-state index in [1.54, 1.807) is 6.92 Å². The molecular weight excluding hydrogens is 305 g/mol. The molecule has 0 aromatic rings. The first-order chi connectivity index (χ1) is 9.53. The van der Waals surface area contributed by atoms with Gasteiger partial charge >= 0.3 is 6.18 Å². The van der Waals surface area contributed by atoms with Gasteiger partial charge in [0, 0.05) is 25.7 Å². The topological polar surface area (TPSA) is 40.6 Å². The van der Waals surface area contributed by atoms with Gasteiger partial charge in [0.1, 0.15) is 0 Å². The molecule has 4 nitrogen and oxygen atoms in total. The average Bonchev–Trinajstić information content (AvgIpc) is 2.33. The molecule has 0 bridgehead atoms. The second kappa shape index (κ2) is 7.28. The normalized spacial score (nSPS) is 20.9. The van der Waals surface area contributed by atoms with Crippen molar-refractivity contribution in [2.24, 2.45) is 5.92 Å². The van der Waals surface area contributed by atoms with Gasteiger partial charge in [0.15, 0.2) is 0 Å². The molecular formula is C13H25F3N2O2S. The molecule has 0 radical (unpaired) electrons. The lowest BCUT2D eigenvalue weighted by molar-refractivity contribution is -0.146. The zero-order valence-electron chi connectivity index (χ0n) is 12.9. The number of hydrogen-bond acceptors (Lipinski definition) is 3. The van der Waals surface area contributed by atoms with Crippen LogP contribution in [-0.2, 0) is 10.0 Å². The monoisotopic (exact) mass is 330 g/mol. The molecule has 8 heteroatoms. The third kappa shape index (κ3) is 6.52. The summed E-state index contributed by atoms with van der Waals surface area (Å²) in [5.74, 6) is 0.263. The smallest absolute Gasteiger partial charge is 0.300 e. The third-order valence-corrected chi connectivity index (χ3v) is 5.39. The molecule has 1 unspecified atom stereocenters. The first-order valence-electron chi connectivity index (χ1n) is 7.29. The van der Waals surface area contributed by atoms with Crippen LogP contribution < -0.4 is 0 Å². The van der Waals surface area contributed by atoms with Gasteiger partial charge in [-0.05, 0) is 32.2 Å². The number of hydrogen-bond donors (Lipinski definition) is 0. The highest BCUT2D eigenvalue weighted by Crippen LogP contribution is 2.26. The van der Waals surface area contributed by atoms with Gasteiger partial charge < -0.3 is 4.90 Å². The Labute approximate surface area is 125 Å². The molecule has 1 rings (SSSR count). The van der Waals surface area contributed by atoms with E-state index < -0.39 is 28.7 Å². The predicted octanol–water partition coefficient (Wildman–Crippen LogP) is 2.32. The van der Waals surface area contributed by atoms with Crippen molar-refractivity contribution >= 4 is 10.0 Å². The molecule has 126 valence electrons. The maximum absolute atomic E-state index is 12.5. The van der Waals surface area contributed by atoms with E-state index in [4.69, 9.17) is 0 Å². The number of sulfonamides is 1. The number of nitrogens with zero attached hydrogens (tertiary/aromatic N) is 2. The van der Waals surface area contributed by atoms with Crippen LogP contribution >= 0.6 is 0 Å². The summed E-state index contributed by atoms with van der Waals surface area (Å²) < 4.78 is 61.7. The van der Waals surface area contributed by atoms with E-state index in [0.717, 1.165) is 0 Å². The molecule has 1 aliphatic heterocycles. The van der Waals surface area contributed by atoms with E-state index in [9.17, 15) is 21.6 Å². The average molecular weight is 330 g/mol. The first kappa shape index (κ1) is 18.7. The lowest BCUT2D eigenvalue weighted by Gasteiger charge is -2.36. The summed E-state index contributed by atoms with van der Waals surface area (Å²) in [6, 6.07) is -0.539. The Morgan fingerprint density at radius 2 is 1.81 bits per heavy atom. The third-order valence-electron chi connectivity index (χ3n) is 4.09. The Morgan fingerprint density at radius 3 is 2.19 bits per heavy atom. The highest BCUT2D eigenvalue weighted by atomic mass is 32.2. The van der Waals surface area contributed by atoms with E-state index in [-0.39, 0.29) is 5.92 Å². The fourth-order valence-electron chi connectivity index (χ4n) is 2.84. The minimum atomic E-state index is -4.15. The number of halogens is 3. The molecule has 1 heterocycles. The quantitative estimate of drug-likeness (QED) is 0.750. The Kier molecular flexibility index (Phi) is 6.49. The molecule has 1 aliphatic rings. The van der Waals surface area contributed by atoms with Crippen molar-refractivity contribution in [1.29, 1.82) is 0 Å². The first-order valence-corrected chi connectivity index (χ1v) is 9.13. The maximum atomic E-state index is 12.5. The minimum absolute atomic E-state index is 0.263. The number of alkyl halides is 3. The van der Waals surface area contributed by atoms with Crippen molar-refractivity contribution in [2.75, 3.05) is 32.4 Å². The summed E-state index contributed by atoms with van der Waals surface area (Å²) in [4.78, 5) is 1.84. The van der Waals surface area contributed by atoms with Crippen molar-refractivity contribution in [3.05, 3.63) is 0 Å². The fraction of sp³-hybridized carbons (Fsp3) is 1.00. The molecule has 0 saturated carbocycles. The number of rotatable bonds is 6. The zero-order chi connectivity index (χ0) is 16.3. The Morgan fingerprint density at radius 1 is 1.29 bits per heavy atom. The number of piperidine rings is 1. The molecule has 0 aliphatic carbocycles. The zero-order valence-corrected chi connectivity index (χ0v) is 13.7. The van der Waals surface area contributed by atoms with Crippen molar-refractivity contribution in [3.63, 3.8) is 0 Å². The van der Waals surface area contributed by atoms with Crippen LogP contribution in [0, 0.1) is 5.92 Å². The SMILES string of the molecule is CCN(CC1CCN(S(C)(=O)=O)CC1)C(C)CC(F)(F)F. The highest BCUT2D eigenvalue weighted by molar-refractivity contribution is 7.88. The highest BCUT2D eigenvalue weighted by Gasteiger charge is 2.33. The van der Waals surface area contributed by atoms with Crippen molar-refractivity contribution in [3.8, 4) is 0 Å². The van der Waals surface area contributed by atoms with E-state index >= 15 is 0 Å². The molecule has 0 aromatic carbocycles. The van der Waals surface area contributed by atoms with Gasteiger partial charge in [0.25, 0.3) is 0 Å². The summed E-state index contributed by atoms with van der Waals surface area (Å²) in [6.07, 6.45) is -2.34. The summed E-state index contributed by atoms with van der Waals surface area (Å²) >= 11 is 0. The van der Waals surface area contributed by atoms with Crippen LogP contribution in [0.2, 0.25) is 0 Å². The Bertz CT molecular complexity index is 418. The second-order valence-electron chi connectivity index (χ2n) is 5.86. The standard InChI is InChI=1S/C13H25F3N2O2S/c1-4-17(11(2)9-13(14,15)16)10-12-5-7-18(8-6-12)21(3,19)20/h11-12H,4-10H2,1-3H3. The van der Waals surface area contributed by atoms with Crippen molar-refractivity contribution in [2.45, 2.75) is 45.3 Å². The molecule has 1 atom stereocenters. The largest absolute Gasteiger partial charge is 0.390 e. The van der Waals surface area contributed by atoms with Gasteiger partial charge in [0.05, 0.1) is 12.7 Å². The van der Waals surface area contributed by atoms with Crippen molar-refractivity contribution < 1.29 is 21.6 Å². The molecule has 0 aromatic heterocycles. The maximum Gasteiger partial charge on any atom is 0.390 e. The molecule has 1 fully saturated rings. The summed E-state index contributed by atoms with van der Waals surface area (Å²) in [5, 5.41) is 0. The summed E-state index contributed by atoms with van der Waals surface area (Å²) in [6.45, 7) is 5.57. The second-order valence-corrected chi connectivity index (χ2v) is 7.84. The van der Waals surface area contributed by atoms with E-state index in [2.05, 4.69) is 0 Å². The van der Waals surface area contributed by atoms with Gasteiger partial charge in [-0.25, -0.2) is 12.7 Å². The van der Waals surface area contributed by atoms with Gasteiger partial charge in [0.2, 0.25) is 10.0 Å². The Hall–Kier alpha value is -0.340. The lowest BCUT2D eigenvalue weighted by Crippen LogP contribution is -2.44. The van der Waals surface area contributed by atoms with E-state index in [1.807, 2.05) is 11.8 Å². The molecule has 21 heavy (non-hydrogen) atoms. The molecule has 0 N–H and O–H groups in total. The lowest BCUT2D eigenvalue weighted by atomic mass is 9.96. The van der Waals surface area contributed by atoms with Crippen LogP contribution in [0.4, 0.5) is 13.2 Å². The van der Waals surface area contributed by atoms with Gasteiger partial charge in [-0.15, -0.1) is 0 Å². The minimum Gasteiger partial charge on any atom is -0.300 e. The Balaban J connectivity index is 2.49. The van der Waals surface area contributed by atoms with E-state index in [0.29, 0.717) is 39.0 Å². The predicted molar refractivity (Wildman–Crippen MR) is 76.5 cm³/mol.